The average molecular weight is 291 g/mol. The summed E-state index contributed by atoms with van der Waals surface area (Å²) >= 11 is 5.91. The minimum atomic E-state index is -0.411. The van der Waals surface area contributed by atoms with Crippen LogP contribution in [-0.4, -0.2) is 19.9 Å². The second-order valence-corrected chi connectivity index (χ2v) is 4.31. The number of azo groups is 1. The Morgan fingerprint density at radius 1 is 1.25 bits per heavy atom. The second-order valence-electron chi connectivity index (χ2n) is 3.90. The number of halogens is 2. The Kier molecular flexibility index (Phi) is 3.34. The molecular weight excluding hydrogens is 283 g/mol. The molecule has 0 unspecified atom stereocenters. The molecule has 20 heavy (non-hydrogen) atoms. The van der Waals surface area contributed by atoms with Crippen molar-refractivity contribution in [1.29, 1.82) is 0 Å². The van der Waals surface area contributed by atoms with Crippen LogP contribution in [0.3, 0.4) is 0 Å². The predicted molar refractivity (Wildman–Crippen MR) is 71.3 cm³/mol. The second kappa shape index (κ2) is 5.30. The molecule has 3 rings (SSSR count). The first-order valence-corrected chi connectivity index (χ1v) is 6.08. The van der Waals surface area contributed by atoms with E-state index in [0.717, 1.165) is 0 Å². The monoisotopic (exact) mass is 290 g/mol. The molecule has 0 bridgehead atoms. The molecule has 3 aromatic rings. The molecule has 0 atom stereocenters. The first kappa shape index (κ1) is 12.6. The van der Waals surface area contributed by atoms with Crippen LogP contribution in [0.15, 0.2) is 41.1 Å². The smallest absolute Gasteiger partial charge is 0.203 e. The highest BCUT2D eigenvalue weighted by molar-refractivity contribution is 6.31. The van der Waals surface area contributed by atoms with E-state index in [4.69, 9.17) is 11.6 Å². The van der Waals surface area contributed by atoms with Crippen LogP contribution in [0.25, 0.3) is 11.2 Å². The van der Waals surface area contributed by atoms with Crippen LogP contribution in [0, 0.1) is 5.82 Å². The van der Waals surface area contributed by atoms with E-state index in [1.54, 1.807) is 6.07 Å². The van der Waals surface area contributed by atoms with Gasteiger partial charge in [0, 0.05) is 10.6 Å². The molecule has 1 aromatic carbocycles. The summed E-state index contributed by atoms with van der Waals surface area (Å²) in [5.41, 5.74) is 1.38. The van der Waals surface area contributed by atoms with Crippen molar-refractivity contribution in [2.24, 2.45) is 10.2 Å². The molecule has 0 saturated heterocycles. The molecule has 2 heterocycles. The lowest BCUT2D eigenvalue weighted by atomic mass is 10.2. The van der Waals surface area contributed by atoms with Gasteiger partial charge in [-0.2, -0.15) is 5.11 Å². The Morgan fingerprint density at radius 3 is 3.00 bits per heavy atom. The number of hydrogen-bond acceptors (Lipinski definition) is 5. The third-order valence-electron chi connectivity index (χ3n) is 2.66. The summed E-state index contributed by atoms with van der Waals surface area (Å²) in [5.74, 6) is -0.0641. The number of hydrogen-bond donors (Lipinski definition) is 1. The Bertz CT molecular complexity index is 764. The zero-order chi connectivity index (χ0) is 13.9. The van der Waals surface area contributed by atoms with Crippen LogP contribution in [0.1, 0.15) is 5.56 Å². The molecule has 1 N–H and O–H groups in total. The molecule has 0 fully saturated rings. The topological polar surface area (TPSA) is 79.2 Å². The van der Waals surface area contributed by atoms with E-state index in [1.165, 1.54) is 24.8 Å². The molecule has 0 radical (unpaired) electrons. The van der Waals surface area contributed by atoms with E-state index in [-0.39, 0.29) is 6.54 Å². The Labute approximate surface area is 117 Å². The summed E-state index contributed by atoms with van der Waals surface area (Å²) in [5, 5.41) is 8.21. The van der Waals surface area contributed by atoms with Crippen molar-refractivity contribution in [3.8, 4) is 0 Å². The van der Waals surface area contributed by atoms with E-state index < -0.39 is 5.82 Å². The van der Waals surface area contributed by atoms with Crippen LogP contribution in [-0.2, 0) is 6.54 Å². The third-order valence-corrected chi connectivity index (χ3v) is 3.01. The maximum absolute atomic E-state index is 13.6. The molecule has 2 aromatic heterocycles. The van der Waals surface area contributed by atoms with Gasteiger partial charge in [0.2, 0.25) is 5.82 Å². The Hall–Kier alpha value is -2.41. The SMILES string of the molecule is Fc1cccc(Cl)c1CN=Nc1ncnc2nc[nH]c12. The number of nitrogens with zero attached hydrogens (tertiary/aromatic N) is 5. The number of aromatic amines is 1. The van der Waals surface area contributed by atoms with Gasteiger partial charge in [-0.15, -0.1) is 5.11 Å². The van der Waals surface area contributed by atoms with Crippen LogP contribution in [0.5, 0.6) is 0 Å². The van der Waals surface area contributed by atoms with Gasteiger partial charge in [0.15, 0.2) is 5.65 Å². The molecule has 0 aliphatic heterocycles. The highest BCUT2D eigenvalue weighted by Gasteiger charge is 2.07. The van der Waals surface area contributed by atoms with E-state index in [2.05, 4.69) is 30.2 Å². The standard InChI is InChI=1S/C12H8ClFN6/c13-8-2-1-3-9(14)7(8)4-19-20-12-10-11(16-5-15-10)17-6-18-12/h1-3,5-6H,4H2,(H,15,16,17,18). The number of nitrogens with one attached hydrogen (secondary N) is 1. The summed E-state index contributed by atoms with van der Waals surface area (Å²) in [6.07, 6.45) is 2.83. The molecular formula is C12H8ClFN6. The van der Waals surface area contributed by atoms with Crippen molar-refractivity contribution < 1.29 is 4.39 Å². The summed E-state index contributed by atoms with van der Waals surface area (Å²) in [6.45, 7) is 0.0329. The van der Waals surface area contributed by atoms with Crippen LogP contribution >= 0.6 is 11.6 Å². The van der Waals surface area contributed by atoms with Gasteiger partial charge in [0.25, 0.3) is 0 Å². The molecule has 0 spiro atoms. The highest BCUT2D eigenvalue weighted by atomic mass is 35.5. The zero-order valence-electron chi connectivity index (χ0n) is 10.1. The fourth-order valence-corrected chi connectivity index (χ4v) is 1.91. The summed E-state index contributed by atoms with van der Waals surface area (Å²) in [7, 11) is 0. The number of H-pyrrole nitrogens is 1. The normalized spacial score (nSPS) is 11.5. The molecule has 0 amide bonds. The van der Waals surface area contributed by atoms with Crippen molar-refractivity contribution >= 4 is 28.6 Å². The van der Waals surface area contributed by atoms with Gasteiger partial charge in [0.1, 0.15) is 17.7 Å². The molecule has 8 heteroatoms. The average Bonchev–Trinajstić information content (AvgIpc) is 2.91. The van der Waals surface area contributed by atoms with Crippen molar-refractivity contribution in [1.82, 2.24) is 19.9 Å². The van der Waals surface area contributed by atoms with E-state index >= 15 is 0 Å². The fourth-order valence-electron chi connectivity index (χ4n) is 1.68. The molecule has 6 nitrogen and oxygen atoms in total. The molecule has 0 aliphatic rings. The Balaban J connectivity index is 1.86. The highest BCUT2D eigenvalue weighted by Crippen LogP contribution is 2.22. The first-order valence-electron chi connectivity index (χ1n) is 5.70. The molecule has 0 aliphatic carbocycles. The maximum Gasteiger partial charge on any atom is 0.203 e. The van der Waals surface area contributed by atoms with Crippen molar-refractivity contribution in [2.45, 2.75) is 6.54 Å². The van der Waals surface area contributed by atoms with Gasteiger partial charge in [-0.1, -0.05) is 17.7 Å². The fraction of sp³-hybridized carbons (Fsp3) is 0.0833. The lowest BCUT2D eigenvalue weighted by Gasteiger charge is -2.00. The van der Waals surface area contributed by atoms with Crippen molar-refractivity contribution in [3.05, 3.63) is 47.3 Å². The summed E-state index contributed by atoms with van der Waals surface area (Å²) in [4.78, 5) is 14.8. The molecule has 0 saturated carbocycles. The van der Waals surface area contributed by atoms with Gasteiger partial charge >= 0.3 is 0 Å². The van der Waals surface area contributed by atoms with Crippen molar-refractivity contribution in [2.75, 3.05) is 0 Å². The number of aromatic nitrogens is 4. The van der Waals surface area contributed by atoms with Crippen LogP contribution < -0.4 is 0 Å². The number of imidazole rings is 1. The minimum Gasteiger partial charge on any atom is -0.340 e. The minimum absolute atomic E-state index is 0.0329. The van der Waals surface area contributed by atoms with Gasteiger partial charge in [-0.3, -0.25) is 0 Å². The van der Waals surface area contributed by atoms with Crippen LogP contribution in [0.2, 0.25) is 5.02 Å². The lowest BCUT2D eigenvalue weighted by molar-refractivity contribution is 0.609. The van der Waals surface area contributed by atoms with Gasteiger partial charge in [0.05, 0.1) is 12.9 Å². The van der Waals surface area contributed by atoms with E-state index in [9.17, 15) is 4.39 Å². The number of rotatable bonds is 3. The van der Waals surface area contributed by atoms with Gasteiger partial charge < -0.3 is 4.98 Å². The Morgan fingerprint density at radius 2 is 2.15 bits per heavy atom. The third kappa shape index (κ3) is 2.35. The quantitative estimate of drug-likeness (QED) is 0.750. The van der Waals surface area contributed by atoms with Crippen LogP contribution in [0.4, 0.5) is 10.2 Å². The maximum atomic E-state index is 13.6. The largest absolute Gasteiger partial charge is 0.340 e. The zero-order valence-corrected chi connectivity index (χ0v) is 10.8. The van der Waals surface area contributed by atoms with E-state index in [1.807, 2.05) is 0 Å². The van der Waals surface area contributed by atoms with E-state index in [0.29, 0.717) is 27.6 Å². The predicted octanol–water partition coefficient (Wildman–Crippen LogP) is 3.43. The molecule has 100 valence electrons. The number of fused-ring (bicyclic) bond motifs is 1. The first-order chi connectivity index (χ1) is 9.75. The lowest BCUT2D eigenvalue weighted by Crippen LogP contribution is -1.89. The number of benzene rings is 1. The summed E-state index contributed by atoms with van der Waals surface area (Å²) < 4.78 is 13.6. The van der Waals surface area contributed by atoms with Crippen molar-refractivity contribution in [3.63, 3.8) is 0 Å². The van der Waals surface area contributed by atoms with Gasteiger partial charge in [-0.05, 0) is 12.1 Å². The summed E-state index contributed by atoms with van der Waals surface area (Å²) in [6, 6.07) is 4.47. The van der Waals surface area contributed by atoms with Gasteiger partial charge in [-0.25, -0.2) is 19.3 Å².